The van der Waals surface area contributed by atoms with E-state index in [1.54, 1.807) is 24.5 Å². The van der Waals surface area contributed by atoms with Crippen LogP contribution in [-0.2, 0) is 14.8 Å². The van der Waals surface area contributed by atoms with E-state index in [0.29, 0.717) is 18.6 Å². The summed E-state index contributed by atoms with van der Waals surface area (Å²) in [5.74, 6) is 4.84. The van der Waals surface area contributed by atoms with Gasteiger partial charge in [0.15, 0.2) is 0 Å². The number of nitrogens with one attached hydrogen (secondary N) is 2. The zero-order chi connectivity index (χ0) is 18.3. The molecule has 0 aromatic heterocycles. The van der Waals surface area contributed by atoms with Crippen LogP contribution in [0.25, 0.3) is 0 Å². The first kappa shape index (κ1) is 19.2. The molecule has 1 amide bonds. The van der Waals surface area contributed by atoms with Gasteiger partial charge in [-0.1, -0.05) is 18.8 Å². The highest BCUT2D eigenvalue weighted by Crippen LogP contribution is 2.26. The predicted molar refractivity (Wildman–Crippen MR) is 91.4 cm³/mol. The lowest BCUT2D eigenvalue weighted by Crippen LogP contribution is -2.47. The first-order valence-corrected chi connectivity index (χ1v) is 9.55. The molecule has 1 aliphatic rings. The molecular formula is C17H22N2O5S. The van der Waals surface area contributed by atoms with Gasteiger partial charge in [-0.2, -0.15) is 0 Å². The van der Waals surface area contributed by atoms with Gasteiger partial charge in [-0.25, -0.2) is 18.6 Å². The van der Waals surface area contributed by atoms with Gasteiger partial charge in [0.05, 0.1) is 10.8 Å². The first-order valence-electron chi connectivity index (χ1n) is 8.06. The summed E-state index contributed by atoms with van der Waals surface area (Å²) in [5.41, 5.74) is 1.62. The minimum absolute atomic E-state index is 0.0927. The van der Waals surface area contributed by atoms with E-state index < -0.39 is 27.9 Å². The second kappa shape index (κ2) is 8.85. The van der Waals surface area contributed by atoms with Crippen molar-refractivity contribution in [3.63, 3.8) is 0 Å². The molecule has 0 radical (unpaired) electrons. The molecule has 0 unspecified atom stereocenters. The summed E-state index contributed by atoms with van der Waals surface area (Å²) in [6.45, 7) is 1.95. The zero-order valence-electron chi connectivity index (χ0n) is 14.0. The molecule has 8 heteroatoms. The number of hydroxylamine groups is 1. The Bertz CT molecular complexity index is 749. The van der Waals surface area contributed by atoms with Crippen LogP contribution < -0.4 is 14.9 Å². The Labute approximate surface area is 147 Å². The molecule has 1 aliphatic carbocycles. The Kier molecular flexibility index (Phi) is 6.82. The summed E-state index contributed by atoms with van der Waals surface area (Å²) in [4.78, 5) is 11.8. The third kappa shape index (κ3) is 5.19. The van der Waals surface area contributed by atoms with Gasteiger partial charge in [0.25, 0.3) is 0 Å². The molecule has 1 aromatic rings. The second-order valence-corrected chi connectivity index (χ2v) is 7.50. The van der Waals surface area contributed by atoms with Crippen LogP contribution in [0.15, 0.2) is 29.2 Å². The number of carbonyl (C=O) groups is 1. The van der Waals surface area contributed by atoms with Gasteiger partial charge >= 0.3 is 0 Å². The molecule has 0 aliphatic heterocycles. The van der Waals surface area contributed by atoms with E-state index >= 15 is 0 Å². The van der Waals surface area contributed by atoms with Crippen molar-refractivity contribution in [2.75, 3.05) is 6.61 Å². The highest BCUT2D eigenvalue weighted by Gasteiger charge is 2.34. The summed E-state index contributed by atoms with van der Waals surface area (Å²) in [7, 11) is -3.77. The van der Waals surface area contributed by atoms with Crippen molar-refractivity contribution in [3.8, 4) is 17.6 Å². The van der Waals surface area contributed by atoms with Gasteiger partial charge in [-0.15, -0.1) is 5.92 Å². The molecule has 1 saturated carbocycles. The van der Waals surface area contributed by atoms with E-state index in [4.69, 9.17) is 9.94 Å². The Morgan fingerprint density at radius 2 is 1.96 bits per heavy atom. The summed E-state index contributed by atoms with van der Waals surface area (Å²) in [6, 6.07) is 5.47. The number of carbonyl (C=O) groups excluding carboxylic acids is 1. The molecule has 3 N–H and O–H groups in total. The van der Waals surface area contributed by atoms with Crippen molar-refractivity contribution in [2.45, 2.75) is 43.5 Å². The number of rotatable bonds is 6. The minimum atomic E-state index is -3.77. The second-order valence-electron chi connectivity index (χ2n) is 5.78. The standard InChI is InChI=1S/C17H22N2O5S/c1-2-3-12-24-13-8-10-14(11-9-13)25(22,23)19-16-7-5-4-6-15(16)17(20)18-21/h8-11,15-16,19,21H,4-7,12H2,1H3,(H,18,20)/t15-,16+/m0/s1. The van der Waals surface area contributed by atoms with E-state index in [-0.39, 0.29) is 11.5 Å². The first-order chi connectivity index (χ1) is 12.0. The molecule has 0 bridgehead atoms. The Hall–Kier alpha value is -2.08. The lowest BCUT2D eigenvalue weighted by atomic mass is 9.85. The van der Waals surface area contributed by atoms with Crippen LogP contribution >= 0.6 is 0 Å². The molecule has 136 valence electrons. The van der Waals surface area contributed by atoms with Crippen LogP contribution in [0.5, 0.6) is 5.75 Å². The highest BCUT2D eigenvalue weighted by molar-refractivity contribution is 7.89. The number of benzene rings is 1. The smallest absolute Gasteiger partial charge is 0.248 e. The highest BCUT2D eigenvalue weighted by atomic mass is 32.2. The van der Waals surface area contributed by atoms with Crippen LogP contribution in [0.3, 0.4) is 0 Å². The topological polar surface area (TPSA) is 105 Å². The minimum Gasteiger partial charge on any atom is -0.481 e. The maximum Gasteiger partial charge on any atom is 0.248 e. The van der Waals surface area contributed by atoms with Crippen LogP contribution in [-0.4, -0.2) is 32.2 Å². The average molecular weight is 366 g/mol. The van der Waals surface area contributed by atoms with E-state index in [2.05, 4.69) is 16.6 Å². The van der Waals surface area contributed by atoms with Crippen LogP contribution in [0.2, 0.25) is 0 Å². The van der Waals surface area contributed by atoms with E-state index in [0.717, 1.165) is 12.8 Å². The van der Waals surface area contributed by atoms with E-state index in [1.165, 1.54) is 12.1 Å². The Morgan fingerprint density at radius 3 is 2.60 bits per heavy atom. The van der Waals surface area contributed by atoms with Crippen molar-refractivity contribution < 1.29 is 23.2 Å². The number of hydrogen-bond donors (Lipinski definition) is 3. The van der Waals surface area contributed by atoms with Crippen LogP contribution in [0.4, 0.5) is 0 Å². The largest absolute Gasteiger partial charge is 0.481 e. The molecule has 1 fully saturated rings. The fraction of sp³-hybridized carbons (Fsp3) is 0.471. The molecule has 7 nitrogen and oxygen atoms in total. The van der Waals surface area contributed by atoms with Crippen molar-refractivity contribution in [1.82, 2.24) is 10.2 Å². The average Bonchev–Trinajstić information content (AvgIpc) is 2.62. The quantitative estimate of drug-likeness (QED) is 0.401. The summed E-state index contributed by atoms with van der Waals surface area (Å²) < 4.78 is 33.1. The molecule has 0 saturated heterocycles. The molecule has 0 spiro atoms. The maximum atomic E-state index is 12.6. The number of ether oxygens (including phenoxy) is 1. The fourth-order valence-corrected chi connectivity index (χ4v) is 4.15. The van der Waals surface area contributed by atoms with E-state index in [1.807, 2.05) is 0 Å². The fourth-order valence-electron chi connectivity index (χ4n) is 2.84. The number of hydrogen-bond acceptors (Lipinski definition) is 5. The molecule has 1 aromatic carbocycles. The van der Waals surface area contributed by atoms with Crippen molar-refractivity contribution in [3.05, 3.63) is 24.3 Å². The monoisotopic (exact) mass is 366 g/mol. The lowest BCUT2D eigenvalue weighted by molar-refractivity contribution is -0.135. The zero-order valence-corrected chi connectivity index (χ0v) is 14.8. The van der Waals surface area contributed by atoms with Gasteiger partial charge in [0, 0.05) is 6.04 Å². The van der Waals surface area contributed by atoms with Gasteiger partial charge in [-0.05, 0) is 44.0 Å². The van der Waals surface area contributed by atoms with Gasteiger partial charge in [0.1, 0.15) is 12.4 Å². The number of sulfonamides is 1. The van der Waals surface area contributed by atoms with Gasteiger partial charge < -0.3 is 4.74 Å². The van der Waals surface area contributed by atoms with E-state index in [9.17, 15) is 13.2 Å². The summed E-state index contributed by atoms with van der Waals surface area (Å²) >= 11 is 0. The normalized spacial score (nSPS) is 20.2. The van der Waals surface area contributed by atoms with Crippen molar-refractivity contribution >= 4 is 15.9 Å². The third-order valence-corrected chi connectivity index (χ3v) is 5.65. The SMILES string of the molecule is CC#CCOc1ccc(S(=O)(=O)N[C@@H]2CCCC[C@@H]2C(=O)NO)cc1. The van der Waals surface area contributed by atoms with Gasteiger partial charge in [0.2, 0.25) is 15.9 Å². The summed E-state index contributed by atoms with van der Waals surface area (Å²) in [5, 5.41) is 8.84. The van der Waals surface area contributed by atoms with Crippen molar-refractivity contribution in [2.24, 2.45) is 5.92 Å². The maximum absolute atomic E-state index is 12.6. The molecule has 0 heterocycles. The number of amides is 1. The predicted octanol–water partition coefficient (Wildman–Crippen LogP) is 1.43. The van der Waals surface area contributed by atoms with Crippen LogP contribution in [0.1, 0.15) is 32.6 Å². The van der Waals surface area contributed by atoms with Gasteiger partial charge in [-0.3, -0.25) is 10.0 Å². The molecular weight excluding hydrogens is 344 g/mol. The van der Waals surface area contributed by atoms with Crippen molar-refractivity contribution in [1.29, 1.82) is 0 Å². The molecule has 25 heavy (non-hydrogen) atoms. The molecule has 2 atom stereocenters. The summed E-state index contributed by atoms with van der Waals surface area (Å²) in [6.07, 6.45) is 2.73. The Morgan fingerprint density at radius 1 is 1.28 bits per heavy atom. The van der Waals surface area contributed by atoms with Crippen LogP contribution in [0, 0.1) is 17.8 Å². The third-order valence-electron chi connectivity index (χ3n) is 4.14. The lowest BCUT2D eigenvalue weighted by Gasteiger charge is -2.30. The molecule has 2 rings (SSSR count). The Balaban J connectivity index is 2.09.